The quantitative estimate of drug-likeness (QED) is 0.722. The van der Waals surface area contributed by atoms with E-state index in [0.717, 1.165) is 11.8 Å². The van der Waals surface area contributed by atoms with Crippen molar-refractivity contribution in [2.75, 3.05) is 10.6 Å². The average Bonchev–Trinajstić information content (AvgIpc) is 3.00. The zero-order chi connectivity index (χ0) is 18.7. The molecular formula is C18H14FN5OS. The number of nitriles is 1. The van der Waals surface area contributed by atoms with E-state index in [1.807, 2.05) is 18.4 Å². The molecule has 1 aromatic carbocycles. The Morgan fingerprint density at radius 2 is 2.00 bits per heavy atom. The van der Waals surface area contributed by atoms with Gasteiger partial charge in [-0.05, 0) is 44.2 Å². The summed E-state index contributed by atoms with van der Waals surface area (Å²) >= 11 is 1.32. The molecule has 0 spiro atoms. The van der Waals surface area contributed by atoms with Gasteiger partial charge in [-0.25, -0.2) is 14.4 Å². The van der Waals surface area contributed by atoms with Gasteiger partial charge in [-0.1, -0.05) is 0 Å². The van der Waals surface area contributed by atoms with Gasteiger partial charge in [-0.2, -0.15) is 5.26 Å². The molecule has 26 heavy (non-hydrogen) atoms. The number of benzene rings is 1. The summed E-state index contributed by atoms with van der Waals surface area (Å²) < 4.78 is 13.6. The highest BCUT2D eigenvalue weighted by molar-refractivity contribution is 7.13. The predicted molar refractivity (Wildman–Crippen MR) is 98.2 cm³/mol. The molecule has 0 atom stereocenters. The van der Waals surface area contributed by atoms with E-state index in [4.69, 9.17) is 5.26 Å². The highest BCUT2D eigenvalue weighted by Crippen LogP contribution is 2.24. The Kier molecular flexibility index (Phi) is 4.91. The van der Waals surface area contributed by atoms with Gasteiger partial charge in [0.1, 0.15) is 5.82 Å². The summed E-state index contributed by atoms with van der Waals surface area (Å²) in [6, 6.07) is 9.18. The molecular weight excluding hydrogens is 353 g/mol. The average molecular weight is 367 g/mol. The van der Waals surface area contributed by atoms with Crippen LogP contribution in [0.1, 0.15) is 27.4 Å². The molecule has 0 bridgehead atoms. The standard InChI is InChI=1S/C18H14FN5OS/c1-10-3-4-15(23-14-6-12(8-20)5-13(19)7-14)16(21-10)17(25)24-18-22-11(2)9-26-18/h3-7,9,23H,1-2H3,(H,22,24,25). The highest BCUT2D eigenvalue weighted by atomic mass is 32.1. The number of rotatable bonds is 4. The number of hydrogen-bond donors (Lipinski definition) is 2. The summed E-state index contributed by atoms with van der Waals surface area (Å²) in [6.07, 6.45) is 0. The van der Waals surface area contributed by atoms with Crippen molar-refractivity contribution in [1.29, 1.82) is 5.26 Å². The van der Waals surface area contributed by atoms with Crippen LogP contribution >= 0.6 is 11.3 Å². The summed E-state index contributed by atoms with van der Waals surface area (Å²) in [4.78, 5) is 21.1. The van der Waals surface area contributed by atoms with E-state index in [9.17, 15) is 9.18 Å². The number of nitrogens with one attached hydrogen (secondary N) is 2. The molecule has 130 valence electrons. The molecule has 0 aliphatic carbocycles. The lowest BCUT2D eigenvalue weighted by Crippen LogP contribution is -2.16. The van der Waals surface area contributed by atoms with Gasteiger partial charge >= 0.3 is 0 Å². The normalized spacial score (nSPS) is 10.2. The SMILES string of the molecule is Cc1csc(NC(=O)c2nc(C)ccc2Nc2cc(F)cc(C#N)c2)n1. The zero-order valence-corrected chi connectivity index (χ0v) is 14.8. The fourth-order valence-electron chi connectivity index (χ4n) is 2.28. The van der Waals surface area contributed by atoms with Crippen molar-refractivity contribution in [1.82, 2.24) is 9.97 Å². The Labute approximate surface area is 153 Å². The van der Waals surface area contributed by atoms with Crippen molar-refractivity contribution < 1.29 is 9.18 Å². The first-order valence-corrected chi connectivity index (χ1v) is 8.51. The van der Waals surface area contributed by atoms with E-state index in [2.05, 4.69) is 20.6 Å². The van der Waals surface area contributed by atoms with E-state index >= 15 is 0 Å². The lowest BCUT2D eigenvalue weighted by atomic mass is 10.2. The number of anilines is 3. The van der Waals surface area contributed by atoms with Crippen LogP contribution in [0.15, 0.2) is 35.7 Å². The molecule has 2 aromatic heterocycles. The molecule has 0 unspecified atom stereocenters. The second-order valence-electron chi connectivity index (χ2n) is 5.56. The van der Waals surface area contributed by atoms with Crippen molar-refractivity contribution in [2.45, 2.75) is 13.8 Å². The van der Waals surface area contributed by atoms with Crippen LogP contribution in [-0.2, 0) is 0 Å². The van der Waals surface area contributed by atoms with Crippen molar-refractivity contribution in [3.8, 4) is 6.07 Å². The smallest absolute Gasteiger partial charge is 0.278 e. The van der Waals surface area contributed by atoms with Gasteiger partial charge in [-0.3, -0.25) is 10.1 Å². The van der Waals surface area contributed by atoms with Crippen LogP contribution in [-0.4, -0.2) is 15.9 Å². The maximum Gasteiger partial charge on any atom is 0.278 e. The lowest BCUT2D eigenvalue weighted by Gasteiger charge is -2.12. The molecule has 2 N–H and O–H groups in total. The Bertz CT molecular complexity index is 1020. The van der Waals surface area contributed by atoms with Crippen LogP contribution in [0, 0.1) is 31.0 Å². The van der Waals surface area contributed by atoms with Crippen LogP contribution in [0.4, 0.5) is 20.9 Å². The van der Waals surface area contributed by atoms with E-state index < -0.39 is 11.7 Å². The Morgan fingerprint density at radius 1 is 1.19 bits per heavy atom. The number of hydrogen-bond acceptors (Lipinski definition) is 6. The molecule has 0 aliphatic heterocycles. The number of carbonyl (C=O) groups excluding carboxylic acids is 1. The first kappa shape index (κ1) is 17.5. The van der Waals surface area contributed by atoms with Crippen molar-refractivity contribution in [3.63, 3.8) is 0 Å². The van der Waals surface area contributed by atoms with Crippen molar-refractivity contribution in [3.05, 3.63) is 64.2 Å². The molecule has 2 heterocycles. The minimum absolute atomic E-state index is 0.153. The highest BCUT2D eigenvalue weighted by Gasteiger charge is 2.16. The lowest BCUT2D eigenvalue weighted by molar-refractivity contribution is 0.102. The van der Waals surface area contributed by atoms with Crippen molar-refractivity contribution >= 4 is 33.8 Å². The third-order valence-electron chi connectivity index (χ3n) is 3.39. The first-order valence-electron chi connectivity index (χ1n) is 7.63. The Morgan fingerprint density at radius 3 is 2.69 bits per heavy atom. The summed E-state index contributed by atoms with van der Waals surface area (Å²) in [5, 5.41) is 16.9. The van der Waals surface area contributed by atoms with Gasteiger partial charge in [0.15, 0.2) is 10.8 Å². The van der Waals surface area contributed by atoms with Crippen LogP contribution in [0.3, 0.4) is 0 Å². The maximum atomic E-state index is 13.6. The summed E-state index contributed by atoms with van der Waals surface area (Å²) in [6.45, 7) is 3.60. The number of thiazole rings is 1. The minimum atomic E-state index is -0.545. The number of halogens is 1. The van der Waals surface area contributed by atoms with Gasteiger partial charge in [0, 0.05) is 16.8 Å². The molecule has 0 fully saturated rings. The molecule has 1 amide bonds. The zero-order valence-electron chi connectivity index (χ0n) is 14.0. The summed E-state index contributed by atoms with van der Waals surface area (Å²) in [5.74, 6) is -0.974. The molecule has 0 aliphatic rings. The molecule has 8 heteroatoms. The van der Waals surface area contributed by atoms with Crippen LogP contribution in [0.2, 0.25) is 0 Å². The fourth-order valence-corrected chi connectivity index (χ4v) is 2.96. The number of carbonyl (C=O) groups is 1. The van der Waals surface area contributed by atoms with Gasteiger partial charge < -0.3 is 5.32 Å². The van der Waals surface area contributed by atoms with E-state index in [-0.39, 0.29) is 11.3 Å². The predicted octanol–water partition coefficient (Wildman–Crippen LogP) is 4.16. The minimum Gasteiger partial charge on any atom is -0.353 e. The van der Waals surface area contributed by atoms with Gasteiger partial charge in [0.2, 0.25) is 0 Å². The molecule has 6 nitrogen and oxygen atoms in total. The van der Waals surface area contributed by atoms with Crippen LogP contribution < -0.4 is 10.6 Å². The third kappa shape index (κ3) is 4.02. The van der Waals surface area contributed by atoms with Gasteiger partial charge in [-0.15, -0.1) is 11.3 Å². The maximum absolute atomic E-state index is 13.6. The molecule has 0 saturated carbocycles. The molecule has 0 radical (unpaired) electrons. The monoisotopic (exact) mass is 367 g/mol. The number of aryl methyl sites for hydroxylation is 2. The number of aromatic nitrogens is 2. The van der Waals surface area contributed by atoms with E-state index in [1.165, 1.54) is 23.5 Å². The van der Waals surface area contributed by atoms with Crippen LogP contribution in [0.5, 0.6) is 0 Å². The first-order chi connectivity index (χ1) is 12.4. The number of nitrogens with zero attached hydrogens (tertiary/aromatic N) is 3. The molecule has 3 rings (SSSR count). The molecule has 0 saturated heterocycles. The summed E-state index contributed by atoms with van der Waals surface area (Å²) in [5.41, 5.74) is 2.55. The van der Waals surface area contributed by atoms with Crippen molar-refractivity contribution in [2.24, 2.45) is 0 Å². The van der Waals surface area contributed by atoms with Gasteiger partial charge in [0.05, 0.1) is 23.0 Å². The van der Waals surface area contributed by atoms with Gasteiger partial charge in [0.25, 0.3) is 5.91 Å². The number of amides is 1. The topological polar surface area (TPSA) is 90.7 Å². The van der Waals surface area contributed by atoms with E-state index in [1.54, 1.807) is 19.1 Å². The Balaban J connectivity index is 1.92. The number of pyridine rings is 1. The largest absolute Gasteiger partial charge is 0.353 e. The van der Waals surface area contributed by atoms with E-state index in [0.29, 0.717) is 22.2 Å². The fraction of sp³-hybridized carbons (Fsp3) is 0.111. The Hall–Kier alpha value is -3.31. The second-order valence-corrected chi connectivity index (χ2v) is 6.42. The molecule has 3 aromatic rings. The summed E-state index contributed by atoms with van der Waals surface area (Å²) in [7, 11) is 0. The third-order valence-corrected chi connectivity index (χ3v) is 4.27. The second kappa shape index (κ2) is 7.29. The van der Waals surface area contributed by atoms with Crippen LogP contribution in [0.25, 0.3) is 0 Å².